The van der Waals surface area contributed by atoms with Crippen LogP contribution in [0.5, 0.6) is 0 Å². The Hall–Kier alpha value is -3.79. The van der Waals surface area contributed by atoms with Crippen LogP contribution in [0.3, 0.4) is 0 Å². The molecule has 0 bridgehead atoms. The molecule has 3 N–H and O–H groups in total. The molecule has 0 saturated heterocycles. The number of carbonyl (C=O) groups excluding carboxylic acids is 2. The van der Waals surface area contributed by atoms with Crippen molar-refractivity contribution >= 4 is 23.3 Å². The van der Waals surface area contributed by atoms with Gasteiger partial charge >= 0.3 is 0 Å². The second-order valence-corrected chi connectivity index (χ2v) is 8.55. The van der Waals surface area contributed by atoms with Gasteiger partial charge in [0, 0.05) is 31.2 Å². The number of aromatic nitrogens is 5. The van der Waals surface area contributed by atoms with E-state index < -0.39 is 0 Å². The number of rotatable bonds is 11. The second-order valence-electron chi connectivity index (χ2n) is 7.89. The highest BCUT2D eigenvalue weighted by molar-refractivity contribution is 7.03. The third-order valence-corrected chi connectivity index (χ3v) is 6.13. The first kappa shape index (κ1) is 23.4. The van der Waals surface area contributed by atoms with Gasteiger partial charge in [0.25, 0.3) is 5.91 Å². The largest absolute Gasteiger partial charge is 0.359 e. The maximum atomic E-state index is 12.7. The molecule has 9 nitrogen and oxygen atoms in total. The Labute approximate surface area is 201 Å². The van der Waals surface area contributed by atoms with Crippen molar-refractivity contribution in [1.82, 2.24) is 34.8 Å². The number of nitrogens with zero attached hydrogens (tertiary/aromatic N) is 4. The second kappa shape index (κ2) is 11.4. The van der Waals surface area contributed by atoms with E-state index in [-0.39, 0.29) is 17.9 Å². The molecule has 4 rings (SSSR count). The number of benzene rings is 1. The molecule has 0 fully saturated rings. The van der Waals surface area contributed by atoms with E-state index in [1.165, 1.54) is 11.5 Å². The Balaban J connectivity index is 1.44. The van der Waals surface area contributed by atoms with Crippen molar-refractivity contribution in [2.45, 2.75) is 38.1 Å². The molecule has 4 aromatic rings. The van der Waals surface area contributed by atoms with E-state index in [0.29, 0.717) is 24.2 Å². The van der Waals surface area contributed by atoms with Crippen LogP contribution in [0.25, 0.3) is 16.9 Å². The lowest BCUT2D eigenvalue weighted by Crippen LogP contribution is -2.29. The zero-order valence-electron chi connectivity index (χ0n) is 18.9. The molecular weight excluding hydrogens is 450 g/mol. The van der Waals surface area contributed by atoms with E-state index >= 15 is 0 Å². The zero-order chi connectivity index (χ0) is 23.8. The molecule has 176 valence electrons. The molecule has 3 heterocycles. The molecule has 0 radical (unpaired) electrons. The van der Waals surface area contributed by atoms with Gasteiger partial charge in [0.15, 0.2) is 0 Å². The number of hydrogen-bond acceptors (Lipinski definition) is 6. The van der Waals surface area contributed by atoms with E-state index in [1.54, 1.807) is 35.7 Å². The summed E-state index contributed by atoms with van der Waals surface area (Å²) in [6.07, 6.45) is 10.8. The first-order valence-corrected chi connectivity index (χ1v) is 12.0. The molecule has 2 amide bonds. The Morgan fingerprint density at radius 3 is 2.71 bits per heavy atom. The Morgan fingerprint density at radius 2 is 2.00 bits per heavy atom. The Kier molecular flexibility index (Phi) is 7.82. The third kappa shape index (κ3) is 5.96. The van der Waals surface area contributed by atoms with Crippen LogP contribution < -0.4 is 10.6 Å². The lowest BCUT2D eigenvalue weighted by molar-refractivity contribution is -0.120. The van der Waals surface area contributed by atoms with E-state index in [9.17, 15) is 9.59 Å². The van der Waals surface area contributed by atoms with Gasteiger partial charge in [-0.25, -0.2) is 14.0 Å². The summed E-state index contributed by atoms with van der Waals surface area (Å²) in [5.74, 6) is 0.573. The lowest BCUT2D eigenvalue weighted by Gasteiger charge is -2.16. The predicted molar refractivity (Wildman–Crippen MR) is 131 cm³/mol. The van der Waals surface area contributed by atoms with E-state index in [4.69, 9.17) is 0 Å². The van der Waals surface area contributed by atoms with E-state index in [1.807, 2.05) is 36.5 Å². The first-order valence-electron chi connectivity index (χ1n) is 11.2. The fraction of sp³-hybridized carbons (Fsp3) is 0.292. The van der Waals surface area contributed by atoms with E-state index in [2.05, 4.69) is 30.1 Å². The van der Waals surface area contributed by atoms with Crippen LogP contribution in [0.1, 0.15) is 54.3 Å². The van der Waals surface area contributed by atoms with Crippen LogP contribution in [-0.4, -0.2) is 43.0 Å². The maximum absolute atomic E-state index is 12.7. The summed E-state index contributed by atoms with van der Waals surface area (Å²) in [5, 5.41) is 11.7. The van der Waals surface area contributed by atoms with Crippen LogP contribution >= 0.6 is 11.5 Å². The molecule has 1 aromatic carbocycles. The molecule has 0 aliphatic carbocycles. The number of imidazole rings is 1. The van der Waals surface area contributed by atoms with E-state index in [0.717, 1.165) is 36.2 Å². The van der Waals surface area contributed by atoms with Crippen molar-refractivity contribution in [3.63, 3.8) is 0 Å². The summed E-state index contributed by atoms with van der Waals surface area (Å²) in [5.41, 5.74) is 3.38. The fourth-order valence-corrected chi connectivity index (χ4v) is 4.16. The smallest absolute Gasteiger partial charge is 0.254 e. The third-order valence-electron chi connectivity index (χ3n) is 5.55. The fourth-order valence-electron chi connectivity index (χ4n) is 3.65. The monoisotopic (exact) mass is 477 g/mol. The number of H-pyrrole nitrogens is 1. The van der Waals surface area contributed by atoms with Gasteiger partial charge in [-0.05, 0) is 48.1 Å². The molecule has 1 unspecified atom stereocenters. The number of nitrogens with one attached hydrogen (secondary N) is 3. The molecular formula is C24H27N7O2S. The minimum absolute atomic E-state index is 0.0454. The minimum atomic E-state index is -0.274. The predicted octanol–water partition coefficient (Wildman–Crippen LogP) is 3.89. The number of unbranched alkanes of at least 4 members (excludes halogenated alkanes) is 2. The molecule has 0 aliphatic heterocycles. The van der Waals surface area contributed by atoms with Crippen molar-refractivity contribution in [2.24, 2.45) is 0 Å². The van der Waals surface area contributed by atoms with Crippen LogP contribution in [0.15, 0.2) is 60.5 Å². The molecule has 0 aliphatic rings. The molecule has 0 saturated carbocycles. The topological polar surface area (TPSA) is 118 Å². The molecule has 3 aromatic heterocycles. The standard InChI is InChI=1S/C24H27N7O2S/c1-25-22(32)7-4-2-3-6-20(30-24(33)18-14-28-34-16-18)23-26-15-21(29-23)17-8-10-19(11-9-17)31-13-5-12-27-31/h5,8-16,20H,2-4,6-7H2,1H3,(H,25,32)(H,26,29)(H,30,33). The molecule has 1 atom stereocenters. The summed E-state index contributed by atoms with van der Waals surface area (Å²) in [6.45, 7) is 0. The quantitative estimate of drug-likeness (QED) is 0.283. The van der Waals surface area contributed by atoms with Crippen LogP contribution in [0, 0.1) is 0 Å². The Morgan fingerprint density at radius 1 is 1.15 bits per heavy atom. The summed E-state index contributed by atoms with van der Waals surface area (Å²) >= 11 is 1.24. The van der Waals surface area contributed by atoms with Crippen molar-refractivity contribution in [3.8, 4) is 16.9 Å². The van der Waals surface area contributed by atoms with Gasteiger partial charge in [-0.3, -0.25) is 9.59 Å². The van der Waals surface area contributed by atoms with Gasteiger partial charge in [-0.1, -0.05) is 25.0 Å². The molecule has 34 heavy (non-hydrogen) atoms. The molecule has 10 heteroatoms. The number of hydrogen-bond donors (Lipinski definition) is 3. The van der Waals surface area contributed by atoms with Crippen molar-refractivity contribution < 1.29 is 9.59 Å². The van der Waals surface area contributed by atoms with Gasteiger partial charge in [0.2, 0.25) is 5.91 Å². The number of amides is 2. The highest BCUT2D eigenvalue weighted by atomic mass is 32.1. The van der Waals surface area contributed by atoms with Gasteiger partial charge < -0.3 is 15.6 Å². The summed E-state index contributed by atoms with van der Waals surface area (Å²) in [6, 6.07) is 9.63. The summed E-state index contributed by atoms with van der Waals surface area (Å²) < 4.78 is 5.82. The maximum Gasteiger partial charge on any atom is 0.254 e. The number of aromatic amines is 1. The summed E-state index contributed by atoms with van der Waals surface area (Å²) in [7, 11) is 1.65. The van der Waals surface area contributed by atoms with Gasteiger partial charge in [-0.15, -0.1) is 0 Å². The van der Waals surface area contributed by atoms with Gasteiger partial charge in [0.05, 0.1) is 35.4 Å². The first-order chi connectivity index (χ1) is 16.6. The average molecular weight is 478 g/mol. The lowest BCUT2D eigenvalue weighted by atomic mass is 10.1. The Bertz CT molecular complexity index is 1180. The molecule has 0 spiro atoms. The zero-order valence-corrected chi connectivity index (χ0v) is 19.7. The highest BCUT2D eigenvalue weighted by Gasteiger charge is 2.19. The SMILES string of the molecule is CNC(=O)CCCCCC(NC(=O)c1cnsc1)c1ncc(-c2ccc(-n3cccn3)cc2)[nH]1. The van der Waals surface area contributed by atoms with Crippen molar-refractivity contribution in [2.75, 3.05) is 7.05 Å². The average Bonchev–Trinajstić information content (AvgIpc) is 3.65. The van der Waals surface area contributed by atoms with Crippen LogP contribution in [0.4, 0.5) is 0 Å². The van der Waals surface area contributed by atoms with Gasteiger partial charge in [0.1, 0.15) is 5.82 Å². The summed E-state index contributed by atoms with van der Waals surface area (Å²) in [4.78, 5) is 32.1. The highest BCUT2D eigenvalue weighted by Crippen LogP contribution is 2.24. The number of carbonyl (C=O) groups is 2. The van der Waals surface area contributed by atoms with Crippen molar-refractivity contribution in [1.29, 1.82) is 0 Å². The van der Waals surface area contributed by atoms with Crippen LogP contribution in [-0.2, 0) is 4.79 Å². The normalized spacial score (nSPS) is 11.8. The van der Waals surface area contributed by atoms with Crippen LogP contribution in [0.2, 0.25) is 0 Å². The minimum Gasteiger partial charge on any atom is -0.359 e. The van der Waals surface area contributed by atoms with Gasteiger partial charge in [-0.2, -0.15) is 5.10 Å². The van der Waals surface area contributed by atoms with Crippen molar-refractivity contribution in [3.05, 3.63) is 71.9 Å².